The van der Waals surface area contributed by atoms with Crippen LogP contribution in [0.25, 0.3) is 0 Å². The lowest BCUT2D eigenvalue weighted by Crippen LogP contribution is -2.41. The molecule has 2 aromatic carbocycles. The normalized spacial score (nSPS) is 11.2. The van der Waals surface area contributed by atoms with Crippen LogP contribution in [-0.4, -0.2) is 27.4 Å². The number of hydrogen-bond donors (Lipinski definition) is 2. The van der Waals surface area contributed by atoms with Gasteiger partial charge in [-0.25, -0.2) is 8.42 Å². The maximum absolute atomic E-state index is 12.2. The molecule has 0 saturated heterocycles. The predicted octanol–water partition coefficient (Wildman–Crippen LogP) is 2.81. The first-order chi connectivity index (χ1) is 11.9. The minimum absolute atomic E-state index is 0.0767. The number of halogens is 1. The summed E-state index contributed by atoms with van der Waals surface area (Å²) in [6.07, 6.45) is 0. The molecule has 0 spiro atoms. The first-order valence-corrected chi connectivity index (χ1v) is 9.66. The zero-order chi connectivity index (χ0) is 18.4. The molecule has 0 radical (unpaired) electrons. The summed E-state index contributed by atoms with van der Waals surface area (Å²) in [6.45, 7) is 5.82. The minimum Gasteiger partial charge on any atom is -0.372 e. The molecule has 0 atom stereocenters. The van der Waals surface area contributed by atoms with Gasteiger partial charge in [0.15, 0.2) is 0 Å². The molecule has 1 amide bonds. The average Bonchev–Trinajstić information content (AvgIpc) is 2.61. The van der Waals surface area contributed by atoms with Crippen LogP contribution >= 0.6 is 11.6 Å². The van der Waals surface area contributed by atoms with Crippen LogP contribution in [0.3, 0.4) is 0 Å². The topological polar surface area (TPSA) is 78.5 Å². The summed E-state index contributed by atoms with van der Waals surface area (Å²) in [5.74, 6) is -0.554. The Labute approximate surface area is 152 Å². The molecular formula is C17H20ClN3O3S. The zero-order valence-electron chi connectivity index (χ0n) is 14.0. The van der Waals surface area contributed by atoms with Crippen LogP contribution in [0.2, 0.25) is 5.02 Å². The van der Waals surface area contributed by atoms with Gasteiger partial charge in [-0.05, 0) is 50.2 Å². The Bertz CT molecular complexity index is 834. The number of nitrogens with zero attached hydrogens (tertiary/aromatic N) is 1. The summed E-state index contributed by atoms with van der Waals surface area (Å²) in [7, 11) is -3.95. The number of nitrogens with one attached hydrogen (secondary N) is 2. The van der Waals surface area contributed by atoms with E-state index in [9.17, 15) is 13.2 Å². The quantitative estimate of drug-likeness (QED) is 0.723. The Morgan fingerprint density at radius 1 is 1.04 bits per heavy atom. The van der Waals surface area contributed by atoms with Crippen molar-refractivity contribution in [1.29, 1.82) is 0 Å². The summed E-state index contributed by atoms with van der Waals surface area (Å²) in [5, 5.41) is 0.0767. The Morgan fingerprint density at radius 2 is 1.64 bits per heavy atom. The second kappa shape index (κ2) is 8.33. The number of amides is 1. The van der Waals surface area contributed by atoms with E-state index in [0.29, 0.717) is 5.56 Å². The third kappa shape index (κ3) is 4.72. The fourth-order valence-corrected chi connectivity index (χ4v) is 3.68. The molecule has 2 aromatic rings. The van der Waals surface area contributed by atoms with Crippen molar-refractivity contribution in [2.45, 2.75) is 18.7 Å². The average molecular weight is 382 g/mol. The smallest absolute Gasteiger partial charge is 0.266 e. The molecule has 0 fully saturated rings. The largest absolute Gasteiger partial charge is 0.372 e. The molecular weight excluding hydrogens is 362 g/mol. The van der Waals surface area contributed by atoms with Crippen LogP contribution in [0.4, 0.5) is 5.69 Å². The molecule has 2 N–H and O–H groups in total. The number of benzene rings is 2. The van der Waals surface area contributed by atoms with Crippen LogP contribution < -0.4 is 15.2 Å². The molecule has 8 heteroatoms. The van der Waals surface area contributed by atoms with E-state index in [2.05, 4.69) is 15.2 Å². The maximum Gasteiger partial charge on any atom is 0.266 e. The van der Waals surface area contributed by atoms with Crippen LogP contribution in [0, 0.1) is 0 Å². The van der Waals surface area contributed by atoms with Gasteiger partial charge in [0.1, 0.15) is 4.90 Å². The van der Waals surface area contributed by atoms with E-state index < -0.39 is 15.9 Å². The van der Waals surface area contributed by atoms with Crippen molar-refractivity contribution in [2.24, 2.45) is 0 Å². The van der Waals surface area contributed by atoms with E-state index in [4.69, 9.17) is 11.6 Å². The standard InChI is InChI=1S/C17H20ClN3O3S/c1-3-21(4-2)14-11-9-13(10-12-14)17(22)19-20-25(23,24)16-8-6-5-7-15(16)18/h5-12,20H,3-4H2,1-2H3,(H,19,22). The van der Waals surface area contributed by atoms with Crippen molar-refractivity contribution in [3.8, 4) is 0 Å². The lowest BCUT2D eigenvalue weighted by Gasteiger charge is -2.21. The number of carbonyl (C=O) groups is 1. The van der Waals surface area contributed by atoms with Crippen molar-refractivity contribution in [3.05, 3.63) is 59.1 Å². The molecule has 0 unspecified atom stereocenters. The van der Waals surface area contributed by atoms with Gasteiger partial charge in [0.05, 0.1) is 5.02 Å². The van der Waals surface area contributed by atoms with Gasteiger partial charge in [-0.15, -0.1) is 4.83 Å². The van der Waals surface area contributed by atoms with Gasteiger partial charge in [0, 0.05) is 24.3 Å². The maximum atomic E-state index is 12.2. The van der Waals surface area contributed by atoms with Crippen molar-refractivity contribution in [2.75, 3.05) is 18.0 Å². The van der Waals surface area contributed by atoms with E-state index in [1.165, 1.54) is 12.1 Å². The molecule has 25 heavy (non-hydrogen) atoms. The third-order valence-electron chi connectivity index (χ3n) is 3.68. The predicted molar refractivity (Wildman–Crippen MR) is 99.2 cm³/mol. The molecule has 134 valence electrons. The van der Waals surface area contributed by atoms with Crippen LogP contribution in [-0.2, 0) is 10.0 Å². The second-order valence-corrected chi connectivity index (χ2v) is 7.27. The summed E-state index contributed by atoms with van der Waals surface area (Å²) >= 11 is 5.88. The van der Waals surface area contributed by atoms with Gasteiger partial charge < -0.3 is 4.90 Å². The highest BCUT2D eigenvalue weighted by Gasteiger charge is 2.18. The van der Waals surface area contributed by atoms with Crippen molar-refractivity contribution < 1.29 is 13.2 Å². The molecule has 0 heterocycles. The molecule has 0 aliphatic carbocycles. The van der Waals surface area contributed by atoms with E-state index in [1.807, 2.05) is 26.0 Å². The van der Waals surface area contributed by atoms with Gasteiger partial charge in [0.2, 0.25) is 0 Å². The van der Waals surface area contributed by atoms with Crippen LogP contribution in [0.5, 0.6) is 0 Å². The van der Waals surface area contributed by atoms with Gasteiger partial charge in [-0.1, -0.05) is 23.7 Å². The molecule has 0 bridgehead atoms. The highest BCUT2D eigenvalue weighted by atomic mass is 35.5. The summed E-state index contributed by atoms with van der Waals surface area (Å²) < 4.78 is 24.4. The van der Waals surface area contributed by atoms with Gasteiger partial charge >= 0.3 is 0 Å². The van der Waals surface area contributed by atoms with E-state index in [-0.39, 0.29) is 9.92 Å². The van der Waals surface area contributed by atoms with Crippen molar-refractivity contribution in [3.63, 3.8) is 0 Å². The van der Waals surface area contributed by atoms with Gasteiger partial charge in [-0.3, -0.25) is 10.2 Å². The number of hydrogen-bond acceptors (Lipinski definition) is 4. The Kier molecular flexibility index (Phi) is 6.41. The number of carbonyl (C=O) groups excluding carboxylic acids is 1. The van der Waals surface area contributed by atoms with Crippen molar-refractivity contribution >= 4 is 33.2 Å². The first-order valence-electron chi connectivity index (χ1n) is 7.80. The van der Waals surface area contributed by atoms with E-state index in [1.54, 1.807) is 24.3 Å². The molecule has 0 aliphatic rings. The minimum atomic E-state index is -3.95. The summed E-state index contributed by atoms with van der Waals surface area (Å²) in [4.78, 5) is 16.2. The third-order valence-corrected chi connectivity index (χ3v) is 5.43. The molecule has 2 rings (SSSR count). The van der Waals surface area contributed by atoms with Crippen LogP contribution in [0.1, 0.15) is 24.2 Å². The monoisotopic (exact) mass is 381 g/mol. The van der Waals surface area contributed by atoms with E-state index >= 15 is 0 Å². The number of sulfonamides is 1. The fourth-order valence-electron chi connectivity index (χ4n) is 2.32. The SMILES string of the molecule is CCN(CC)c1ccc(C(=O)NNS(=O)(=O)c2ccccc2Cl)cc1. The van der Waals surface area contributed by atoms with Gasteiger partial charge in [-0.2, -0.15) is 0 Å². The molecule has 0 aliphatic heterocycles. The summed E-state index contributed by atoms with van der Waals surface area (Å²) in [6, 6.07) is 12.9. The van der Waals surface area contributed by atoms with Gasteiger partial charge in [0.25, 0.3) is 15.9 Å². The second-order valence-electron chi connectivity index (χ2n) is 5.21. The molecule has 6 nitrogen and oxygen atoms in total. The number of rotatable bonds is 7. The first kappa shape index (κ1) is 19.2. The summed E-state index contributed by atoms with van der Waals surface area (Å²) in [5.41, 5.74) is 3.54. The lowest BCUT2D eigenvalue weighted by molar-refractivity contribution is 0.0945. The Morgan fingerprint density at radius 3 is 2.20 bits per heavy atom. The molecule has 0 saturated carbocycles. The number of hydrazine groups is 1. The highest BCUT2D eigenvalue weighted by molar-refractivity contribution is 7.89. The number of anilines is 1. The van der Waals surface area contributed by atoms with Crippen molar-refractivity contribution in [1.82, 2.24) is 10.3 Å². The Balaban J connectivity index is 2.06. The van der Waals surface area contributed by atoms with E-state index in [0.717, 1.165) is 18.8 Å². The molecule has 0 aromatic heterocycles. The van der Waals surface area contributed by atoms with Crippen LogP contribution in [0.15, 0.2) is 53.4 Å². The fraction of sp³-hybridized carbons (Fsp3) is 0.235. The zero-order valence-corrected chi connectivity index (χ0v) is 15.6. The Hall–Kier alpha value is -2.09. The highest BCUT2D eigenvalue weighted by Crippen LogP contribution is 2.20. The lowest BCUT2D eigenvalue weighted by atomic mass is 10.2.